The molecule has 0 bridgehead atoms. The van der Waals surface area contributed by atoms with Gasteiger partial charge in [-0.1, -0.05) is 0 Å². The second-order valence-electron chi connectivity index (χ2n) is 6.03. The summed E-state index contributed by atoms with van der Waals surface area (Å²) in [5, 5.41) is 0. The number of hydrogen-bond donors (Lipinski definition) is 0. The summed E-state index contributed by atoms with van der Waals surface area (Å²) in [6.07, 6.45) is 2.27. The molecule has 1 fully saturated rings. The van der Waals surface area contributed by atoms with Crippen LogP contribution in [0, 0.1) is 6.85 Å². The second kappa shape index (κ2) is 4.68. The normalized spacial score (nSPS) is 24.0. The molecule has 0 saturated carbocycles. The molecular formula is C15H20BN3O2. The van der Waals surface area contributed by atoms with Crippen molar-refractivity contribution in [1.82, 2.24) is 14.5 Å². The van der Waals surface area contributed by atoms with Crippen molar-refractivity contribution in [2.75, 3.05) is 0 Å². The zero-order chi connectivity index (χ0) is 19.5. The van der Waals surface area contributed by atoms with Crippen LogP contribution < -0.4 is 5.46 Å². The van der Waals surface area contributed by atoms with Gasteiger partial charge in [-0.05, 0) is 40.6 Å². The highest BCUT2D eigenvalue weighted by molar-refractivity contribution is 6.63. The molecule has 2 aromatic heterocycles. The third-order valence-electron chi connectivity index (χ3n) is 4.06. The number of pyridine rings is 1. The first-order valence-corrected chi connectivity index (χ1v) is 6.71. The van der Waals surface area contributed by atoms with Gasteiger partial charge < -0.3 is 13.9 Å². The third kappa shape index (κ3) is 2.38. The molecule has 21 heavy (non-hydrogen) atoms. The molecule has 0 aromatic carbocycles. The van der Waals surface area contributed by atoms with Crippen LogP contribution in [0.2, 0.25) is 0 Å². The van der Waals surface area contributed by atoms with E-state index in [1.165, 1.54) is 6.20 Å². The lowest BCUT2D eigenvalue weighted by atomic mass is 9.78. The summed E-state index contributed by atoms with van der Waals surface area (Å²) in [6.45, 7) is 5.10. The van der Waals surface area contributed by atoms with Gasteiger partial charge in [0.25, 0.3) is 0 Å². The maximum absolute atomic E-state index is 8.19. The molecule has 1 aliphatic heterocycles. The molecule has 0 radical (unpaired) electrons. The van der Waals surface area contributed by atoms with Crippen LogP contribution in [-0.4, -0.2) is 32.9 Å². The smallest absolute Gasteiger partial charge is 0.399 e. The van der Waals surface area contributed by atoms with Crippen molar-refractivity contribution in [3.05, 3.63) is 36.6 Å². The van der Waals surface area contributed by atoms with Gasteiger partial charge in [-0.3, -0.25) is 4.98 Å². The van der Waals surface area contributed by atoms with Crippen LogP contribution in [0.15, 0.2) is 30.9 Å². The van der Waals surface area contributed by atoms with Crippen LogP contribution in [-0.2, 0) is 9.31 Å². The maximum Gasteiger partial charge on any atom is 0.497 e. The molecule has 0 aliphatic carbocycles. The quantitative estimate of drug-likeness (QED) is 0.792. The summed E-state index contributed by atoms with van der Waals surface area (Å²) >= 11 is 0. The fourth-order valence-electron chi connectivity index (χ4n) is 2.12. The molecule has 1 aliphatic rings. The second-order valence-corrected chi connectivity index (χ2v) is 6.03. The van der Waals surface area contributed by atoms with Crippen molar-refractivity contribution >= 4 is 12.6 Å². The van der Waals surface area contributed by atoms with Gasteiger partial charge in [-0.2, -0.15) is 0 Å². The SMILES string of the molecule is [2H]c1nc(C([2H])([2H])[2H])c([2H])n1-c1cnccc1B1OC(C)(C)C(C)(C)O1. The summed E-state index contributed by atoms with van der Waals surface area (Å²) < 4.78 is 52.0. The Labute approximate surface area is 132 Å². The standard InChI is InChI=1S/C15H20BN3O2/c1-11-9-19(10-18-11)13-8-17-7-6-12(13)16-20-14(2,3)15(4,5)21-16/h6-10H,1-5H3/i1D3,9D,10D. The van der Waals surface area contributed by atoms with Crippen LogP contribution in [0.25, 0.3) is 5.69 Å². The summed E-state index contributed by atoms with van der Waals surface area (Å²) in [5.41, 5.74) is -0.666. The molecule has 0 N–H and O–H groups in total. The Morgan fingerprint density at radius 2 is 2.00 bits per heavy atom. The van der Waals surface area contributed by atoms with Crippen LogP contribution in [0.4, 0.5) is 0 Å². The molecule has 0 unspecified atom stereocenters. The van der Waals surface area contributed by atoms with Gasteiger partial charge in [0.05, 0.1) is 36.5 Å². The molecule has 110 valence electrons. The van der Waals surface area contributed by atoms with Crippen molar-refractivity contribution in [3.63, 3.8) is 0 Å². The van der Waals surface area contributed by atoms with Gasteiger partial charge >= 0.3 is 7.12 Å². The highest BCUT2D eigenvalue weighted by Crippen LogP contribution is 2.36. The fraction of sp³-hybridized carbons (Fsp3) is 0.467. The topological polar surface area (TPSA) is 49.2 Å². The van der Waals surface area contributed by atoms with Gasteiger partial charge in [-0.25, -0.2) is 4.98 Å². The van der Waals surface area contributed by atoms with Gasteiger partial charge in [0, 0.05) is 21.9 Å². The Morgan fingerprint density at radius 1 is 1.29 bits per heavy atom. The van der Waals surface area contributed by atoms with Gasteiger partial charge in [0.1, 0.15) is 1.37 Å². The highest BCUT2D eigenvalue weighted by Gasteiger charge is 2.52. The zero-order valence-corrected chi connectivity index (χ0v) is 12.5. The summed E-state index contributed by atoms with van der Waals surface area (Å²) in [6, 6.07) is 1.67. The molecule has 0 spiro atoms. The Morgan fingerprint density at radius 3 is 2.62 bits per heavy atom. The van der Waals surface area contributed by atoms with E-state index in [-0.39, 0.29) is 12.5 Å². The minimum Gasteiger partial charge on any atom is -0.399 e. The average Bonchev–Trinajstić information content (AvgIpc) is 2.91. The van der Waals surface area contributed by atoms with Gasteiger partial charge in [-0.15, -0.1) is 0 Å². The van der Waals surface area contributed by atoms with Crippen molar-refractivity contribution < 1.29 is 16.2 Å². The molecule has 1 saturated heterocycles. The van der Waals surface area contributed by atoms with Crippen molar-refractivity contribution in [1.29, 1.82) is 0 Å². The maximum atomic E-state index is 8.19. The molecular weight excluding hydrogens is 265 g/mol. The molecule has 0 amide bonds. The molecule has 5 nitrogen and oxygen atoms in total. The first-order valence-electron chi connectivity index (χ1n) is 9.21. The zero-order valence-electron chi connectivity index (χ0n) is 17.5. The van der Waals surface area contributed by atoms with Crippen LogP contribution in [0.5, 0.6) is 0 Å². The average molecular weight is 290 g/mol. The number of nitrogens with zero attached hydrogens (tertiary/aromatic N) is 3. The molecule has 0 atom stereocenters. The van der Waals surface area contributed by atoms with E-state index in [1.54, 1.807) is 12.3 Å². The first-order chi connectivity index (χ1) is 11.8. The minimum absolute atomic E-state index is 0.337. The van der Waals surface area contributed by atoms with Gasteiger partial charge in [0.2, 0.25) is 0 Å². The predicted octanol–water partition coefficient (Wildman–Crippen LogP) is 1.87. The summed E-state index contributed by atoms with van der Waals surface area (Å²) in [5.74, 6) is 0. The van der Waals surface area contributed by atoms with E-state index in [9.17, 15) is 0 Å². The van der Waals surface area contributed by atoms with E-state index in [0.29, 0.717) is 11.2 Å². The number of rotatable bonds is 2. The van der Waals surface area contributed by atoms with E-state index in [2.05, 4.69) is 9.97 Å². The lowest BCUT2D eigenvalue weighted by Crippen LogP contribution is -2.41. The van der Waals surface area contributed by atoms with Crippen molar-refractivity contribution in [2.24, 2.45) is 0 Å². The molecule has 6 heteroatoms. The Balaban J connectivity index is 2.12. The molecule has 2 aromatic rings. The number of imidazole rings is 1. The third-order valence-corrected chi connectivity index (χ3v) is 4.06. The van der Waals surface area contributed by atoms with Crippen molar-refractivity contribution in [2.45, 2.75) is 45.7 Å². The fourth-order valence-corrected chi connectivity index (χ4v) is 2.12. The summed E-state index contributed by atoms with van der Waals surface area (Å²) in [4.78, 5) is 7.81. The predicted molar refractivity (Wildman–Crippen MR) is 81.8 cm³/mol. The van der Waals surface area contributed by atoms with E-state index in [1.807, 2.05) is 27.7 Å². The monoisotopic (exact) mass is 290 g/mol. The van der Waals surface area contributed by atoms with Crippen molar-refractivity contribution in [3.8, 4) is 5.69 Å². The summed E-state index contributed by atoms with van der Waals surface area (Å²) in [7, 11) is -0.740. The molecule has 3 heterocycles. The van der Waals surface area contributed by atoms with Crippen LogP contribution in [0.1, 0.15) is 40.2 Å². The minimum atomic E-state index is -2.58. The van der Waals surface area contributed by atoms with Crippen LogP contribution in [0.3, 0.4) is 0 Å². The van der Waals surface area contributed by atoms with E-state index >= 15 is 0 Å². The largest absolute Gasteiger partial charge is 0.497 e. The Bertz CT molecular complexity index is 834. The van der Waals surface area contributed by atoms with E-state index in [0.717, 1.165) is 4.57 Å². The molecule has 3 rings (SSSR count). The lowest BCUT2D eigenvalue weighted by Gasteiger charge is -2.32. The Kier molecular flexibility index (Phi) is 2.09. The van der Waals surface area contributed by atoms with Gasteiger partial charge in [0.15, 0.2) is 0 Å². The highest BCUT2D eigenvalue weighted by atomic mass is 16.7. The number of aromatic nitrogens is 3. The van der Waals surface area contributed by atoms with Crippen LogP contribution >= 0.6 is 0 Å². The first kappa shape index (κ1) is 9.38. The number of hydrogen-bond acceptors (Lipinski definition) is 4. The van der Waals surface area contributed by atoms with E-state index in [4.69, 9.17) is 16.2 Å². The Hall–Kier alpha value is -1.66. The lowest BCUT2D eigenvalue weighted by molar-refractivity contribution is 0.00578. The van der Waals surface area contributed by atoms with E-state index < -0.39 is 30.9 Å². The number of aryl methyl sites for hydroxylation is 1.